The summed E-state index contributed by atoms with van der Waals surface area (Å²) in [5.74, 6) is -0.244. The van der Waals surface area contributed by atoms with Gasteiger partial charge in [0.05, 0.1) is 16.6 Å². The molecule has 0 bridgehead atoms. The summed E-state index contributed by atoms with van der Waals surface area (Å²) >= 11 is 6.25. The molecule has 0 aliphatic heterocycles. The second kappa shape index (κ2) is 8.88. The third-order valence-electron chi connectivity index (χ3n) is 5.41. The SMILES string of the molecule is CCC(C)NC(=O)C(CC)n1c(=O)n(-c2ccc(C)c(Cl)c2)c(=O)c2ccccc21. The van der Waals surface area contributed by atoms with Crippen LogP contribution in [0.2, 0.25) is 5.02 Å². The molecule has 0 saturated carbocycles. The first-order valence-corrected chi connectivity index (χ1v) is 10.5. The highest BCUT2D eigenvalue weighted by Crippen LogP contribution is 2.21. The molecule has 1 aromatic heterocycles. The van der Waals surface area contributed by atoms with Crippen LogP contribution in [0.15, 0.2) is 52.1 Å². The molecule has 0 fully saturated rings. The molecule has 2 atom stereocenters. The zero-order chi connectivity index (χ0) is 22.0. The molecular formula is C23H26ClN3O3. The van der Waals surface area contributed by atoms with Crippen molar-refractivity contribution in [3.05, 3.63) is 73.9 Å². The number of carbonyl (C=O) groups is 1. The van der Waals surface area contributed by atoms with Gasteiger partial charge in [0.2, 0.25) is 5.91 Å². The lowest BCUT2D eigenvalue weighted by molar-refractivity contribution is -0.125. The van der Waals surface area contributed by atoms with E-state index in [0.717, 1.165) is 16.6 Å². The summed E-state index contributed by atoms with van der Waals surface area (Å²) in [6, 6.07) is 11.1. The largest absolute Gasteiger partial charge is 0.352 e. The third-order valence-corrected chi connectivity index (χ3v) is 5.82. The van der Waals surface area contributed by atoms with E-state index in [1.807, 2.05) is 27.7 Å². The highest BCUT2D eigenvalue weighted by Gasteiger charge is 2.25. The molecule has 3 aromatic rings. The molecule has 0 spiro atoms. The highest BCUT2D eigenvalue weighted by atomic mass is 35.5. The van der Waals surface area contributed by atoms with Gasteiger partial charge in [-0.3, -0.25) is 14.2 Å². The number of para-hydroxylation sites is 1. The van der Waals surface area contributed by atoms with Crippen molar-refractivity contribution >= 4 is 28.4 Å². The zero-order valence-corrected chi connectivity index (χ0v) is 18.4. The predicted octanol–water partition coefficient (Wildman–Crippen LogP) is 3.98. The zero-order valence-electron chi connectivity index (χ0n) is 17.6. The van der Waals surface area contributed by atoms with Gasteiger partial charge in [0, 0.05) is 11.1 Å². The Morgan fingerprint density at radius 3 is 2.43 bits per heavy atom. The van der Waals surface area contributed by atoms with Gasteiger partial charge in [0.25, 0.3) is 5.56 Å². The van der Waals surface area contributed by atoms with Gasteiger partial charge in [-0.15, -0.1) is 0 Å². The molecule has 0 saturated heterocycles. The van der Waals surface area contributed by atoms with E-state index in [4.69, 9.17) is 11.6 Å². The van der Waals surface area contributed by atoms with Gasteiger partial charge in [0.15, 0.2) is 0 Å². The third kappa shape index (κ3) is 3.92. The van der Waals surface area contributed by atoms with Crippen LogP contribution in [0.5, 0.6) is 0 Å². The minimum Gasteiger partial charge on any atom is -0.352 e. The summed E-state index contributed by atoms with van der Waals surface area (Å²) in [7, 11) is 0. The van der Waals surface area contributed by atoms with Crippen molar-refractivity contribution in [2.24, 2.45) is 0 Å². The smallest absolute Gasteiger partial charge is 0.336 e. The molecule has 1 heterocycles. The molecule has 158 valence electrons. The number of fused-ring (bicyclic) bond motifs is 1. The Balaban J connectivity index is 2.33. The summed E-state index contributed by atoms with van der Waals surface area (Å²) in [5, 5.41) is 3.78. The lowest BCUT2D eigenvalue weighted by Crippen LogP contribution is -2.45. The maximum Gasteiger partial charge on any atom is 0.336 e. The molecule has 7 heteroatoms. The van der Waals surface area contributed by atoms with Gasteiger partial charge in [-0.1, -0.05) is 43.6 Å². The highest BCUT2D eigenvalue weighted by molar-refractivity contribution is 6.31. The van der Waals surface area contributed by atoms with Crippen molar-refractivity contribution in [2.75, 3.05) is 0 Å². The first-order valence-electron chi connectivity index (χ1n) is 10.1. The van der Waals surface area contributed by atoms with Gasteiger partial charge >= 0.3 is 5.69 Å². The minimum absolute atomic E-state index is 0.0182. The number of benzene rings is 2. The lowest BCUT2D eigenvalue weighted by Gasteiger charge is -2.23. The van der Waals surface area contributed by atoms with Crippen LogP contribution in [0.1, 0.15) is 45.2 Å². The Morgan fingerprint density at radius 2 is 1.80 bits per heavy atom. The maximum atomic E-state index is 13.6. The fourth-order valence-electron chi connectivity index (χ4n) is 3.46. The summed E-state index contributed by atoms with van der Waals surface area (Å²) in [6.07, 6.45) is 1.18. The fraction of sp³-hybridized carbons (Fsp3) is 0.348. The van der Waals surface area contributed by atoms with Crippen LogP contribution < -0.4 is 16.6 Å². The van der Waals surface area contributed by atoms with Gasteiger partial charge in [-0.25, -0.2) is 9.36 Å². The van der Waals surface area contributed by atoms with E-state index < -0.39 is 17.3 Å². The van der Waals surface area contributed by atoms with Crippen LogP contribution in [0.4, 0.5) is 0 Å². The molecule has 3 rings (SSSR count). The average Bonchev–Trinajstić information content (AvgIpc) is 2.73. The Labute approximate surface area is 180 Å². The maximum absolute atomic E-state index is 13.6. The molecule has 1 N–H and O–H groups in total. The second-order valence-electron chi connectivity index (χ2n) is 7.49. The van der Waals surface area contributed by atoms with Gasteiger partial charge < -0.3 is 5.32 Å². The number of aromatic nitrogens is 2. The van der Waals surface area contributed by atoms with Crippen LogP contribution in [0, 0.1) is 6.92 Å². The monoisotopic (exact) mass is 427 g/mol. The number of rotatable bonds is 6. The van der Waals surface area contributed by atoms with E-state index in [1.165, 1.54) is 4.57 Å². The van der Waals surface area contributed by atoms with Gasteiger partial charge in [-0.05, 0) is 56.5 Å². The number of halogens is 1. The quantitative estimate of drug-likeness (QED) is 0.646. The first kappa shape index (κ1) is 21.8. The molecule has 0 aliphatic carbocycles. The molecule has 30 heavy (non-hydrogen) atoms. The molecule has 1 amide bonds. The number of aryl methyl sites for hydroxylation is 1. The summed E-state index contributed by atoms with van der Waals surface area (Å²) < 4.78 is 2.51. The van der Waals surface area contributed by atoms with E-state index in [0.29, 0.717) is 28.0 Å². The Hall–Kier alpha value is -2.86. The first-order chi connectivity index (χ1) is 14.3. The molecular weight excluding hydrogens is 402 g/mol. The lowest BCUT2D eigenvalue weighted by atomic mass is 10.1. The van der Waals surface area contributed by atoms with Crippen molar-refractivity contribution in [3.8, 4) is 5.69 Å². The normalized spacial score (nSPS) is 13.2. The Morgan fingerprint density at radius 1 is 1.10 bits per heavy atom. The van der Waals surface area contributed by atoms with Crippen LogP contribution in [-0.4, -0.2) is 21.1 Å². The number of nitrogens with one attached hydrogen (secondary N) is 1. The van der Waals surface area contributed by atoms with E-state index in [2.05, 4.69) is 5.32 Å². The summed E-state index contributed by atoms with van der Waals surface area (Å²) in [5.41, 5.74) is 0.646. The van der Waals surface area contributed by atoms with E-state index in [1.54, 1.807) is 42.5 Å². The fourth-order valence-corrected chi connectivity index (χ4v) is 3.63. The van der Waals surface area contributed by atoms with Crippen LogP contribution in [-0.2, 0) is 4.79 Å². The number of hydrogen-bond donors (Lipinski definition) is 1. The van der Waals surface area contributed by atoms with Crippen molar-refractivity contribution < 1.29 is 4.79 Å². The van der Waals surface area contributed by atoms with Crippen molar-refractivity contribution in [1.29, 1.82) is 0 Å². The Kier molecular flexibility index (Phi) is 6.46. The molecule has 0 radical (unpaired) electrons. The summed E-state index contributed by atoms with van der Waals surface area (Å²) in [4.78, 5) is 39.8. The van der Waals surface area contributed by atoms with Gasteiger partial charge in [0.1, 0.15) is 6.04 Å². The van der Waals surface area contributed by atoms with E-state index >= 15 is 0 Å². The topological polar surface area (TPSA) is 73.1 Å². The molecule has 6 nitrogen and oxygen atoms in total. The number of nitrogens with zero attached hydrogens (tertiary/aromatic N) is 2. The number of carbonyl (C=O) groups excluding carboxylic acids is 1. The van der Waals surface area contributed by atoms with Crippen LogP contribution in [0.25, 0.3) is 16.6 Å². The predicted molar refractivity (Wildman–Crippen MR) is 121 cm³/mol. The van der Waals surface area contributed by atoms with Gasteiger partial charge in [-0.2, -0.15) is 0 Å². The van der Waals surface area contributed by atoms with Crippen LogP contribution >= 0.6 is 11.6 Å². The Bertz CT molecular complexity index is 1210. The standard InChI is InChI=1S/C23H26ClN3O3/c1-5-15(4)25-21(28)19(6-2)27-20-10-8-7-9-17(20)22(29)26(23(27)30)16-12-11-14(3)18(24)13-16/h7-13,15,19H,5-6H2,1-4H3,(H,25,28). The van der Waals surface area contributed by atoms with Crippen molar-refractivity contribution in [2.45, 2.75) is 52.6 Å². The molecule has 0 aliphatic rings. The summed E-state index contributed by atoms with van der Waals surface area (Å²) in [6.45, 7) is 7.59. The second-order valence-corrected chi connectivity index (χ2v) is 7.89. The van der Waals surface area contributed by atoms with Crippen molar-refractivity contribution in [1.82, 2.24) is 14.5 Å². The molecule has 2 aromatic carbocycles. The van der Waals surface area contributed by atoms with Crippen LogP contribution in [0.3, 0.4) is 0 Å². The molecule has 2 unspecified atom stereocenters. The number of amides is 1. The average molecular weight is 428 g/mol. The van der Waals surface area contributed by atoms with Crippen molar-refractivity contribution in [3.63, 3.8) is 0 Å². The van der Waals surface area contributed by atoms with E-state index in [9.17, 15) is 14.4 Å². The minimum atomic E-state index is -0.746. The number of hydrogen-bond acceptors (Lipinski definition) is 3. The van der Waals surface area contributed by atoms with E-state index in [-0.39, 0.29) is 11.9 Å².